The summed E-state index contributed by atoms with van der Waals surface area (Å²) in [7, 11) is 1.50. The lowest BCUT2D eigenvalue weighted by molar-refractivity contribution is 0.0748. The smallest absolute Gasteiger partial charge is 0.258 e. The molecule has 8 heteroatoms. The number of halogens is 1. The molecule has 0 atom stereocenters. The van der Waals surface area contributed by atoms with E-state index in [-0.39, 0.29) is 18.0 Å². The van der Waals surface area contributed by atoms with Gasteiger partial charge in [-0.15, -0.1) is 0 Å². The van der Waals surface area contributed by atoms with Gasteiger partial charge in [0, 0.05) is 12.1 Å². The first-order valence-electron chi connectivity index (χ1n) is 9.76. The van der Waals surface area contributed by atoms with Gasteiger partial charge in [-0.25, -0.2) is 4.98 Å². The van der Waals surface area contributed by atoms with Gasteiger partial charge in [-0.05, 0) is 37.6 Å². The lowest BCUT2D eigenvalue weighted by Crippen LogP contribution is -2.32. The first-order valence-corrected chi connectivity index (χ1v) is 10.1. The minimum Gasteiger partial charge on any atom is -0.493 e. The number of para-hydroxylation sites is 1. The summed E-state index contributed by atoms with van der Waals surface area (Å²) in [6, 6.07) is 10.3. The minimum absolute atomic E-state index is 0.156. The molecule has 0 aliphatic heterocycles. The van der Waals surface area contributed by atoms with Crippen molar-refractivity contribution in [1.82, 2.24) is 14.9 Å². The summed E-state index contributed by atoms with van der Waals surface area (Å²) in [6.07, 6.45) is 0.820. The van der Waals surface area contributed by atoms with Gasteiger partial charge in [-0.1, -0.05) is 30.7 Å². The fourth-order valence-corrected chi connectivity index (χ4v) is 3.35. The zero-order chi connectivity index (χ0) is 21.7. The SMILES string of the molecule is CCCOc1c(Cl)cc(C(=O)N(CC)Cc2nc3ccccc3c(=O)[nH]2)cc1OC. The molecule has 0 spiro atoms. The number of benzene rings is 2. The highest BCUT2D eigenvalue weighted by molar-refractivity contribution is 6.32. The first kappa shape index (κ1) is 21.6. The molecule has 1 N–H and O–H groups in total. The number of rotatable bonds is 8. The van der Waals surface area contributed by atoms with Gasteiger partial charge in [-0.2, -0.15) is 0 Å². The number of nitrogens with one attached hydrogen (secondary N) is 1. The predicted octanol–water partition coefficient (Wildman–Crippen LogP) is 4.04. The maximum atomic E-state index is 13.1. The molecule has 0 aliphatic carbocycles. The number of aromatic amines is 1. The maximum absolute atomic E-state index is 13.1. The van der Waals surface area contributed by atoms with E-state index in [1.807, 2.05) is 19.9 Å². The first-order chi connectivity index (χ1) is 14.5. The lowest BCUT2D eigenvalue weighted by Gasteiger charge is -2.21. The monoisotopic (exact) mass is 429 g/mol. The van der Waals surface area contributed by atoms with Crippen LogP contribution >= 0.6 is 11.6 Å². The minimum atomic E-state index is -0.254. The summed E-state index contributed by atoms with van der Waals surface area (Å²) in [4.78, 5) is 34.2. The number of H-pyrrole nitrogens is 1. The fraction of sp³-hybridized carbons (Fsp3) is 0.318. The number of hydrogen-bond donors (Lipinski definition) is 1. The van der Waals surface area contributed by atoms with Gasteiger partial charge in [0.2, 0.25) is 0 Å². The third-order valence-electron chi connectivity index (χ3n) is 4.60. The van der Waals surface area contributed by atoms with Gasteiger partial charge >= 0.3 is 0 Å². The standard InChI is InChI=1S/C22H24ClN3O4/c1-4-10-30-20-16(23)11-14(12-18(20)29-3)22(28)26(5-2)13-19-24-17-9-7-6-8-15(17)21(27)25-19/h6-9,11-12H,4-5,10,13H2,1-3H3,(H,24,25,27). The van der Waals surface area contributed by atoms with Crippen LogP contribution in [0.5, 0.6) is 11.5 Å². The number of aromatic nitrogens is 2. The molecule has 0 unspecified atom stereocenters. The van der Waals surface area contributed by atoms with Crippen molar-refractivity contribution in [3.05, 3.63) is 63.2 Å². The van der Waals surface area contributed by atoms with Gasteiger partial charge in [0.25, 0.3) is 11.5 Å². The summed E-state index contributed by atoms with van der Waals surface area (Å²) >= 11 is 6.35. The highest BCUT2D eigenvalue weighted by atomic mass is 35.5. The topological polar surface area (TPSA) is 84.5 Å². The summed E-state index contributed by atoms with van der Waals surface area (Å²) < 4.78 is 11.0. The van der Waals surface area contributed by atoms with Crippen molar-refractivity contribution >= 4 is 28.4 Å². The van der Waals surface area contributed by atoms with E-state index in [2.05, 4.69) is 9.97 Å². The maximum Gasteiger partial charge on any atom is 0.258 e. The number of hydrogen-bond acceptors (Lipinski definition) is 5. The molecule has 0 aliphatic rings. The highest BCUT2D eigenvalue weighted by Crippen LogP contribution is 2.37. The molecule has 2 aromatic carbocycles. The van der Waals surface area contributed by atoms with Gasteiger partial charge < -0.3 is 19.4 Å². The van der Waals surface area contributed by atoms with Crippen LogP contribution in [0.1, 0.15) is 36.5 Å². The molecule has 7 nitrogen and oxygen atoms in total. The summed E-state index contributed by atoms with van der Waals surface area (Å²) in [6.45, 7) is 4.91. The Hall–Kier alpha value is -3.06. The molecule has 3 rings (SSSR count). The Balaban J connectivity index is 1.89. The Morgan fingerprint density at radius 2 is 2.00 bits per heavy atom. The number of fused-ring (bicyclic) bond motifs is 1. The molecule has 1 heterocycles. The third kappa shape index (κ3) is 4.57. The zero-order valence-electron chi connectivity index (χ0n) is 17.2. The third-order valence-corrected chi connectivity index (χ3v) is 4.88. The molecule has 3 aromatic rings. The van der Waals surface area contributed by atoms with Crippen LogP contribution in [0.2, 0.25) is 5.02 Å². The van der Waals surface area contributed by atoms with Crippen LogP contribution in [0.3, 0.4) is 0 Å². The van der Waals surface area contributed by atoms with Crippen LogP contribution in [0.4, 0.5) is 0 Å². The quantitative estimate of drug-likeness (QED) is 0.584. The summed E-state index contributed by atoms with van der Waals surface area (Å²) in [5.74, 6) is 0.971. The number of nitrogens with zero attached hydrogens (tertiary/aromatic N) is 2. The van der Waals surface area contributed by atoms with Crippen molar-refractivity contribution in [1.29, 1.82) is 0 Å². The molecule has 0 radical (unpaired) electrons. The molecular weight excluding hydrogens is 406 g/mol. The number of ether oxygens (including phenoxy) is 2. The largest absolute Gasteiger partial charge is 0.493 e. The van der Waals surface area contributed by atoms with Crippen LogP contribution in [-0.2, 0) is 6.54 Å². The van der Waals surface area contributed by atoms with Gasteiger partial charge in [0.1, 0.15) is 5.82 Å². The summed E-state index contributed by atoms with van der Waals surface area (Å²) in [5, 5.41) is 0.814. The molecular formula is C22H24ClN3O4. The second-order valence-electron chi connectivity index (χ2n) is 6.69. The number of amides is 1. The Kier molecular flexibility index (Phi) is 6.95. The van der Waals surface area contributed by atoms with E-state index in [0.29, 0.717) is 52.0 Å². The van der Waals surface area contributed by atoms with Crippen LogP contribution in [0, 0.1) is 0 Å². The van der Waals surface area contributed by atoms with Crippen LogP contribution in [0.15, 0.2) is 41.2 Å². The summed E-state index contributed by atoms with van der Waals surface area (Å²) in [5.41, 5.74) is 0.716. The second-order valence-corrected chi connectivity index (χ2v) is 7.09. The van der Waals surface area contributed by atoms with Crippen molar-refractivity contribution in [3.8, 4) is 11.5 Å². The molecule has 0 fully saturated rings. The van der Waals surface area contributed by atoms with E-state index in [4.69, 9.17) is 21.1 Å². The average Bonchev–Trinajstić information content (AvgIpc) is 2.75. The van der Waals surface area contributed by atoms with Crippen molar-refractivity contribution in [3.63, 3.8) is 0 Å². The molecule has 30 heavy (non-hydrogen) atoms. The van der Waals surface area contributed by atoms with Crippen LogP contribution in [0.25, 0.3) is 10.9 Å². The molecule has 1 aromatic heterocycles. The van der Waals surface area contributed by atoms with E-state index in [1.54, 1.807) is 35.2 Å². The fourth-order valence-electron chi connectivity index (χ4n) is 3.09. The Bertz CT molecular complexity index is 1110. The molecule has 158 valence electrons. The zero-order valence-corrected chi connectivity index (χ0v) is 18.0. The van der Waals surface area contributed by atoms with Crippen molar-refractivity contribution in [2.75, 3.05) is 20.3 Å². The number of methoxy groups -OCH3 is 1. The molecule has 0 saturated heterocycles. The van der Waals surface area contributed by atoms with Crippen molar-refractivity contribution in [2.45, 2.75) is 26.8 Å². The van der Waals surface area contributed by atoms with Crippen LogP contribution < -0.4 is 15.0 Å². The number of carbonyl (C=O) groups excluding carboxylic acids is 1. The van der Waals surface area contributed by atoms with Crippen molar-refractivity contribution < 1.29 is 14.3 Å². The molecule has 0 bridgehead atoms. The molecule has 0 saturated carbocycles. The van der Waals surface area contributed by atoms with Gasteiger partial charge in [0.05, 0.1) is 36.2 Å². The Morgan fingerprint density at radius 1 is 1.23 bits per heavy atom. The van der Waals surface area contributed by atoms with E-state index in [0.717, 1.165) is 6.42 Å². The van der Waals surface area contributed by atoms with E-state index < -0.39 is 0 Å². The lowest BCUT2D eigenvalue weighted by atomic mass is 10.1. The van der Waals surface area contributed by atoms with E-state index in [1.165, 1.54) is 7.11 Å². The van der Waals surface area contributed by atoms with Crippen molar-refractivity contribution in [2.24, 2.45) is 0 Å². The average molecular weight is 430 g/mol. The molecule has 1 amide bonds. The number of carbonyl (C=O) groups is 1. The van der Waals surface area contributed by atoms with Gasteiger partial charge in [-0.3, -0.25) is 9.59 Å². The van der Waals surface area contributed by atoms with Gasteiger partial charge in [0.15, 0.2) is 11.5 Å². The van der Waals surface area contributed by atoms with E-state index >= 15 is 0 Å². The predicted molar refractivity (Wildman–Crippen MR) is 117 cm³/mol. The second kappa shape index (κ2) is 9.63. The Morgan fingerprint density at radius 3 is 2.70 bits per heavy atom. The van der Waals surface area contributed by atoms with E-state index in [9.17, 15) is 9.59 Å². The normalized spacial score (nSPS) is 10.8. The highest BCUT2D eigenvalue weighted by Gasteiger charge is 2.20. The van der Waals surface area contributed by atoms with Crippen LogP contribution in [-0.4, -0.2) is 41.0 Å². The Labute approximate surface area is 179 Å².